The van der Waals surface area contributed by atoms with Crippen molar-refractivity contribution in [2.24, 2.45) is 5.92 Å². The van der Waals surface area contributed by atoms with Gasteiger partial charge in [0.05, 0.1) is 14.2 Å². The lowest BCUT2D eigenvalue weighted by Gasteiger charge is -2.32. The Labute approximate surface area is 167 Å². The van der Waals surface area contributed by atoms with Crippen molar-refractivity contribution in [2.45, 2.75) is 24.3 Å². The molecule has 7 heteroatoms. The van der Waals surface area contributed by atoms with Gasteiger partial charge in [-0.15, -0.1) is 0 Å². The maximum atomic E-state index is 12.8. The number of hydrogen-bond donors (Lipinski definition) is 1. The number of nitrogens with one attached hydrogen (secondary N) is 1. The fourth-order valence-electron chi connectivity index (χ4n) is 3.49. The molecule has 1 aliphatic rings. The Balaban J connectivity index is 1.55. The van der Waals surface area contributed by atoms with Gasteiger partial charge in [0.1, 0.15) is 16.4 Å². The summed E-state index contributed by atoms with van der Waals surface area (Å²) in [5.41, 5.74) is 1.31. The third-order valence-corrected chi connectivity index (χ3v) is 6.62. The van der Waals surface area contributed by atoms with E-state index in [1.807, 2.05) is 6.07 Å². The summed E-state index contributed by atoms with van der Waals surface area (Å²) < 4.78 is 38.7. The lowest BCUT2D eigenvalue weighted by molar-refractivity contribution is 0.178. The van der Waals surface area contributed by atoms with Gasteiger partial charge in [0.2, 0.25) is 10.0 Å². The Hall–Kier alpha value is -2.09. The van der Waals surface area contributed by atoms with Crippen LogP contribution in [0.2, 0.25) is 0 Å². The van der Waals surface area contributed by atoms with Gasteiger partial charge in [0, 0.05) is 19.2 Å². The lowest BCUT2D eigenvalue weighted by Crippen LogP contribution is -2.38. The highest BCUT2D eigenvalue weighted by molar-refractivity contribution is 7.89. The van der Waals surface area contributed by atoms with E-state index in [4.69, 9.17) is 9.47 Å². The van der Waals surface area contributed by atoms with E-state index < -0.39 is 10.0 Å². The zero-order valence-corrected chi connectivity index (χ0v) is 17.2. The maximum Gasteiger partial charge on any atom is 0.244 e. The molecule has 0 spiro atoms. The molecule has 0 unspecified atom stereocenters. The Kier molecular flexibility index (Phi) is 6.93. The predicted molar refractivity (Wildman–Crippen MR) is 109 cm³/mol. The van der Waals surface area contributed by atoms with E-state index >= 15 is 0 Å². The average molecular weight is 405 g/mol. The van der Waals surface area contributed by atoms with Crippen LogP contribution in [-0.4, -0.2) is 47.2 Å². The highest BCUT2D eigenvalue weighted by Crippen LogP contribution is 2.28. The summed E-state index contributed by atoms with van der Waals surface area (Å²) in [6, 6.07) is 15.2. The highest BCUT2D eigenvalue weighted by Gasteiger charge is 2.24. The van der Waals surface area contributed by atoms with Crippen molar-refractivity contribution in [1.82, 2.24) is 9.62 Å². The first-order valence-corrected chi connectivity index (χ1v) is 11.0. The third-order valence-electron chi connectivity index (χ3n) is 5.18. The minimum absolute atomic E-state index is 0.107. The molecule has 1 aliphatic heterocycles. The van der Waals surface area contributed by atoms with Gasteiger partial charge in [-0.05, 0) is 49.5 Å². The van der Waals surface area contributed by atoms with Gasteiger partial charge in [-0.3, -0.25) is 4.90 Å². The summed E-state index contributed by atoms with van der Waals surface area (Å²) in [6.07, 6.45) is 1.95. The molecule has 6 nitrogen and oxygen atoms in total. The second-order valence-corrected chi connectivity index (χ2v) is 8.81. The van der Waals surface area contributed by atoms with E-state index in [1.165, 1.54) is 25.8 Å². The first-order valence-electron chi connectivity index (χ1n) is 9.50. The Morgan fingerprint density at radius 3 is 2.39 bits per heavy atom. The number of hydrogen-bond acceptors (Lipinski definition) is 5. The van der Waals surface area contributed by atoms with Crippen LogP contribution in [-0.2, 0) is 16.6 Å². The Bertz CT molecular complexity index is 863. The molecule has 0 amide bonds. The van der Waals surface area contributed by atoms with Gasteiger partial charge in [-0.2, -0.15) is 0 Å². The quantitative estimate of drug-likeness (QED) is 0.733. The average Bonchev–Trinajstić information content (AvgIpc) is 2.73. The van der Waals surface area contributed by atoms with Crippen molar-refractivity contribution in [3.05, 3.63) is 54.1 Å². The standard InChI is InChI=1S/C21H28N2O4S/c1-26-19-8-9-20(27-2)21(14-19)28(24,25)22-15-17-10-12-23(13-11-17)16-18-6-4-3-5-7-18/h3-9,14,17,22H,10-13,15-16H2,1-2H3. The zero-order chi connectivity index (χ0) is 20.0. The Morgan fingerprint density at radius 2 is 1.75 bits per heavy atom. The minimum atomic E-state index is -3.67. The van der Waals surface area contributed by atoms with E-state index in [-0.39, 0.29) is 4.90 Å². The van der Waals surface area contributed by atoms with Crippen LogP contribution in [0, 0.1) is 5.92 Å². The van der Waals surface area contributed by atoms with Gasteiger partial charge in [0.25, 0.3) is 0 Å². The third kappa shape index (κ3) is 5.25. The van der Waals surface area contributed by atoms with Gasteiger partial charge in [0.15, 0.2) is 0 Å². The van der Waals surface area contributed by atoms with Crippen LogP contribution < -0.4 is 14.2 Å². The fraction of sp³-hybridized carbons (Fsp3) is 0.429. The monoisotopic (exact) mass is 404 g/mol. The highest BCUT2D eigenvalue weighted by atomic mass is 32.2. The summed E-state index contributed by atoms with van der Waals surface area (Å²) in [6.45, 7) is 3.33. The number of piperidine rings is 1. The number of methoxy groups -OCH3 is 2. The smallest absolute Gasteiger partial charge is 0.244 e. The van der Waals surface area contributed by atoms with Crippen molar-refractivity contribution < 1.29 is 17.9 Å². The first kappa shape index (κ1) is 20.6. The van der Waals surface area contributed by atoms with Crippen LogP contribution in [0.3, 0.4) is 0 Å². The molecule has 3 rings (SSSR count). The van der Waals surface area contributed by atoms with Crippen LogP contribution in [0.15, 0.2) is 53.4 Å². The van der Waals surface area contributed by atoms with E-state index in [0.717, 1.165) is 32.5 Å². The van der Waals surface area contributed by atoms with Gasteiger partial charge in [-0.25, -0.2) is 13.1 Å². The number of benzene rings is 2. The van der Waals surface area contributed by atoms with Crippen molar-refractivity contribution >= 4 is 10.0 Å². The molecule has 152 valence electrons. The molecule has 0 radical (unpaired) electrons. The molecule has 0 aliphatic carbocycles. The zero-order valence-electron chi connectivity index (χ0n) is 16.4. The summed E-state index contributed by atoms with van der Waals surface area (Å²) >= 11 is 0. The predicted octanol–water partition coefficient (Wildman–Crippen LogP) is 2.89. The van der Waals surface area contributed by atoms with E-state index in [0.29, 0.717) is 24.0 Å². The minimum Gasteiger partial charge on any atom is -0.497 e. The molecule has 2 aromatic rings. The molecule has 0 saturated carbocycles. The molecule has 1 saturated heterocycles. The van der Waals surface area contributed by atoms with E-state index in [9.17, 15) is 8.42 Å². The van der Waals surface area contributed by atoms with Crippen LogP contribution in [0.4, 0.5) is 0 Å². The van der Waals surface area contributed by atoms with Crippen molar-refractivity contribution in [2.75, 3.05) is 33.9 Å². The molecule has 1 fully saturated rings. The molecule has 28 heavy (non-hydrogen) atoms. The number of sulfonamides is 1. The summed E-state index contributed by atoms with van der Waals surface area (Å²) in [7, 11) is -0.695. The molecular formula is C21H28N2O4S. The molecule has 1 heterocycles. The SMILES string of the molecule is COc1ccc(OC)c(S(=O)(=O)NCC2CCN(Cc3ccccc3)CC2)c1. The van der Waals surface area contributed by atoms with Crippen molar-refractivity contribution in [3.63, 3.8) is 0 Å². The maximum absolute atomic E-state index is 12.8. The Morgan fingerprint density at radius 1 is 1.04 bits per heavy atom. The molecule has 0 bridgehead atoms. The second-order valence-electron chi connectivity index (χ2n) is 7.07. The molecular weight excluding hydrogens is 376 g/mol. The molecule has 0 aromatic heterocycles. The van der Waals surface area contributed by atoms with Gasteiger partial charge >= 0.3 is 0 Å². The normalized spacial score (nSPS) is 16.1. The van der Waals surface area contributed by atoms with Crippen molar-refractivity contribution in [1.29, 1.82) is 0 Å². The topological polar surface area (TPSA) is 67.9 Å². The van der Waals surface area contributed by atoms with Crippen LogP contribution >= 0.6 is 0 Å². The second kappa shape index (κ2) is 9.41. The van der Waals surface area contributed by atoms with Crippen molar-refractivity contribution in [3.8, 4) is 11.5 Å². The summed E-state index contributed by atoms with van der Waals surface area (Å²) in [5.74, 6) is 1.12. The molecule has 1 N–H and O–H groups in total. The number of ether oxygens (including phenoxy) is 2. The van der Waals surface area contributed by atoms with Gasteiger partial charge in [-0.1, -0.05) is 30.3 Å². The first-order chi connectivity index (χ1) is 13.5. The summed E-state index contributed by atoms with van der Waals surface area (Å²) in [4.78, 5) is 2.53. The van der Waals surface area contributed by atoms with Crippen LogP contribution in [0.5, 0.6) is 11.5 Å². The fourth-order valence-corrected chi connectivity index (χ4v) is 4.79. The summed E-state index contributed by atoms with van der Waals surface area (Å²) in [5, 5.41) is 0. The van der Waals surface area contributed by atoms with Gasteiger partial charge < -0.3 is 9.47 Å². The van der Waals surface area contributed by atoms with Crippen LogP contribution in [0.1, 0.15) is 18.4 Å². The largest absolute Gasteiger partial charge is 0.497 e. The lowest BCUT2D eigenvalue weighted by atomic mass is 9.97. The number of rotatable bonds is 8. The molecule has 2 aromatic carbocycles. The van der Waals surface area contributed by atoms with E-state index in [1.54, 1.807) is 12.1 Å². The van der Waals surface area contributed by atoms with E-state index in [2.05, 4.69) is 33.9 Å². The number of likely N-dealkylation sites (tertiary alicyclic amines) is 1. The molecule has 0 atom stereocenters. The number of nitrogens with zero attached hydrogens (tertiary/aromatic N) is 1. The van der Waals surface area contributed by atoms with Crippen LogP contribution in [0.25, 0.3) is 0 Å².